The van der Waals surface area contributed by atoms with Crippen molar-refractivity contribution in [1.82, 2.24) is 10.6 Å². The number of nitrogens with two attached hydrogens (primary N) is 1. The minimum Gasteiger partial charge on any atom is -0.398 e. The van der Waals surface area contributed by atoms with Gasteiger partial charge in [0.1, 0.15) is 0 Å². The zero-order valence-electron chi connectivity index (χ0n) is 11.5. The molecule has 1 heterocycles. The third-order valence-corrected chi connectivity index (χ3v) is 3.90. The molecule has 0 aromatic heterocycles. The average Bonchev–Trinajstić information content (AvgIpc) is 3.00. The second-order valence-electron chi connectivity index (χ2n) is 5.33. The third-order valence-electron chi connectivity index (χ3n) is 3.90. The Kier molecular flexibility index (Phi) is 4.00. The van der Waals surface area contributed by atoms with Crippen molar-refractivity contribution in [2.24, 2.45) is 0 Å². The number of anilines is 1. The monoisotopic (exact) mass is 267 g/mol. The van der Waals surface area contributed by atoms with Gasteiger partial charge >= 0.3 is 0 Å². The fraction of sp³-hybridized carbons (Fsp3) is 0.294. The summed E-state index contributed by atoms with van der Waals surface area (Å²) in [6.07, 6.45) is 1.16. The summed E-state index contributed by atoms with van der Waals surface area (Å²) in [5, 5.41) is 7.15. The lowest BCUT2D eigenvalue weighted by atomic mass is 9.96. The summed E-state index contributed by atoms with van der Waals surface area (Å²) >= 11 is 0. The average molecular weight is 267 g/mol. The van der Waals surface area contributed by atoms with E-state index in [0.29, 0.717) is 6.04 Å². The molecule has 0 saturated carbocycles. The highest BCUT2D eigenvalue weighted by molar-refractivity contribution is 5.51. The summed E-state index contributed by atoms with van der Waals surface area (Å²) in [5.41, 5.74) is 9.44. The van der Waals surface area contributed by atoms with Crippen molar-refractivity contribution in [3.8, 4) is 0 Å². The van der Waals surface area contributed by atoms with E-state index in [1.807, 2.05) is 18.2 Å². The molecule has 0 aliphatic carbocycles. The topological polar surface area (TPSA) is 50.1 Å². The van der Waals surface area contributed by atoms with Crippen LogP contribution in [0.4, 0.5) is 5.69 Å². The number of para-hydroxylation sites is 1. The molecule has 2 aromatic carbocycles. The number of nitrogens with one attached hydrogen (secondary N) is 2. The standard InChI is InChI=1S/C17H21N3/c18-16-9-5-4-8-15(16)17(13-6-2-1-3-7-13)20-14-10-11-19-12-14/h1-9,14,17,19-20H,10-12,18H2. The van der Waals surface area contributed by atoms with Crippen LogP contribution in [0.3, 0.4) is 0 Å². The van der Waals surface area contributed by atoms with E-state index in [2.05, 4.69) is 47.0 Å². The van der Waals surface area contributed by atoms with Crippen molar-refractivity contribution >= 4 is 5.69 Å². The molecule has 2 aromatic rings. The van der Waals surface area contributed by atoms with Gasteiger partial charge in [-0.1, -0.05) is 48.5 Å². The minimum absolute atomic E-state index is 0.155. The van der Waals surface area contributed by atoms with Crippen LogP contribution in [-0.2, 0) is 0 Å². The highest BCUT2D eigenvalue weighted by atomic mass is 15.0. The van der Waals surface area contributed by atoms with Crippen LogP contribution in [-0.4, -0.2) is 19.1 Å². The zero-order chi connectivity index (χ0) is 13.8. The maximum Gasteiger partial charge on any atom is 0.0599 e. The first kappa shape index (κ1) is 13.2. The van der Waals surface area contributed by atoms with Gasteiger partial charge in [0.25, 0.3) is 0 Å². The smallest absolute Gasteiger partial charge is 0.0599 e. The highest BCUT2D eigenvalue weighted by Gasteiger charge is 2.22. The van der Waals surface area contributed by atoms with Crippen molar-refractivity contribution < 1.29 is 0 Å². The first-order valence-corrected chi connectivity index (χ1v) is 7.21. The Morgan fingerprint density at radius 2 is 1.80 bits per heavy atom. The third kappa shape index (κ3) is 2.84. The molecule has 20 heavy (non-hydrogen) atoms. The van der Waals surface area contributed by atoms with E-state index < -0.39 is 0 Å². The molecule has 1 saturated heterocycles. The van der Waals surface area contributed by atoms with Gasteiger partial charge in [0.2, 0.25) is 0 Å². The summed E-state index contributed by atoms with van der Waals surface area (Å²) in [4.78, 5) is 0. The van der Waals surface area contributed by atoms with E-state index >= 15 is 0 Å². The minimum atomic E-state index is 0.155. The normalized spacial score (nSPS) is 19.9. The zero-order valence-corrected chi connectivity index (χ0v) is 11.5. The summed E-state index contributed by atoms with van der Waals surface area (Å²) in [5.74, 6) is 0. The van der Waals surface area contributed by atoms with Gasteiger partial charge < -0.3 is 16.4 Å². The van der Waals surface area contributed by atoms with E-state index in [-0.39, 0.29) is 6.04 Å². The maximum absolute atomic E-state index is 6.18. The molecular weight excluding hydrogens is 246 g/mol. The van der Waals surface area contributed by atoms with Gasteiger partial charge in [0.15, 0.2) is 0 Å². The summed E-state index contributed by atoms with van der Waals surface area (Å²) in [6, 6.07) is 19.3. The molecule has 1 aliphatic heterocycles. The van der Waals surface area contributed by atoms with Gasteiger partial charge in [-0.05, 0) is 30.2 Å². The molecule has 2 atom stereocenters. The molecule has 104 valence electrons. The molecule has 0 spiro atoms. The number of hydrogen-bond donors (Lipinski definition) is 3. The molecule has 2 unspecified atom stereocenters. The Bertz CT molecular complexity index is 547. The quantitative estimate of drug-likeness (QED) is 0.745. The Balaban J connectivity index is 1.92. The molecule has 3 heteroatoms. The van der Waals surface area contributed by atoms with Crippen LogP contribution in [0, 0.1) is 0 Å². The molecule has 1 aliphatic rings. The first-order chi connectivity index (χ1) is 9.84. The van der Waals surface area contributed by atoms with E-state index in [0.717, 1.165) is 30.8 Å². The predicted molar refractivity (Wildman–Crippen MR) is 83.5 cm³/mol. The van der Waals surface area contributed by atoms with Gasteiger partial charge in [-0.3, -0.25) is 0 Å². The SMILES string of the molecule is Nc1ccccc1C(NC1CCNC1)c1ccccc1. The van der Waals surface area contributed by atoms with Gasteiger partial charge in [-0.15, -0.1) is 0 Å². The predicted octanol–water partition coefficient (Wildman–Crippen LogP) is 2.31. The van der Waals surface area contributed by atoms with Crippen LogP contribution < -0.4 is 16.4 Å². The van der Waals surface area contributed by atoms with Gasteiger partial charge in [0.05, 0.1) is 6.04 Å². The van der Waals surface area contributed by atoms with Crippen LogP contribution >= 0.6 is 0 Å². The van der Waals surface area contributed by atoms with Gasteiger partial charge in [0, 0.05) is 18.3 Å². The molecule has 4 N–H and O–H groups in total. The van der Waals surface area contributed by atoms with E-state index in [1.165, 1.54) is 5.56 Å². The van der Waals surface area contributed by atoms with Crippen LogP contribution in [0.2, 0.25) is 0 Å². The Morgan fingerprint density at radius 1 is 1.05 bits per heavy atom. The Hall–Kier alpha value is -1.84. The molecule has 1 fully saturated rings. The maximum atomic E-state index is 6.18. The summed E-state index contributed by atoms with van der Waals surface area (Å²) < 4.78 is 0. The lowest BCUT2D eigenvalue weighted by Gasteiger charge is -2.24. The second kappa shape index (κ2) is 6.07. The lowest BCUT2D eigenvalue weighted by molar-refractivity contribution is 0.498. The molecule has 0 amide bonds. The molecular formula is C17H21N3. The number of nitrogen functional groups attached to an aromatic ring is 1. The number of hydrogen-bond acceptors (Lipinski definition) is 3. The van der Waals surface area contributed by atoms with Crippen LogP contribution in [0.1, 0.15) is 23.6 Å². The van der Waals surface area contributed by atoms with E-state index in [9.17, 15) is 0 Å². The highest BCUT2D eigenvalue weighted by Crippen LogP contribution is 2.27. The van der Waals surface area contributed by atoms with E-state index in [4.69, 9.17) is 5.73 Å². The first-order valence-electron chi connectivity index (χ1n) is 7.21. The van der Waals surface area contributed by atoms with Crippen molar-refractivity contribution in [2.45, 2.75) is 18.5 Å². The van der Waals surface area contributed by atoms with Crippen LogP contribution in [0.5, 0.6) is 0 Å². The number of benzene rings is 2. The number of rotatable bonds is 4. The van der Waals surface area contributed by atoms with Gasteiger partial charge in [-0.25, -0.2) is 0 Å². The Labute approximate surface area is 120 Å². The fourth-order valence-electron chi connectivity index (χ4n) is 2.82. The largest absolute Gasteiger partial charge is 0.398 e. The molecule has 3 rings (SSSR count). The van der Waals surface area contributed by atoms with Crippen molar-refractivity contribution in [3.63, 3.8) is 0 Å². The molecule has 0 radical (unpaired) electrons. The second-order valence-corrected chi connectivity index (χ2v) is 5.33. The summed E-state index contributed by atoms with van der Waals surface area (Å²) in [7, 11) is 0. The summed E-state index contributed by atoms with van der Waals surface area (Å²) in [6.45, 7) is 2.11. The van der Waals surface area contributed by atoms with Crippen molar-refractivity contribution in [2.75, 3.05) is 18.8 Å². The molecule has 0 bridgehead atoms. The molecule has 3 nitrogen and oxygen atoms in total. The van der Waals surface area contributed by atoms with E-state index in [1.54, 1.807) is 0 Å². The van der Waals surface area contributed by atoms with Crippen LogP contribution in [0.25, 0.3) is 0 Å². The van der Waals surface area contributed by atoms with Crippen LogP contribution in [0.15, 0.2) is 54.6 Å². The van der Waals surface area contributed by atoms with Crippen molar-refractivity contribution in [1.29, 1.82) is 0 Å². The van der Waals surface area contributed by atoms with Gasteiger partial charge in [-0.2, -0.15) is 0 Å². The van der Waals surface area contributed by atoms with Crippen molar-refractivity contribution in [3.05, 3.63) is 65.7 Å². The Morgan fingerprint density at radius 3 is 2.50 bits per heavy atom. The lowest BCUT2D eigenvalue weighted by Crippen LogP contribution is -2.35. The fourth-order valence-corrected chi connectivity index (χ4v) is 2.82.